The fourth-order valence-corrected chi connectivity index (χ4v) is 1.81. The Morgan fingerprint density at radius 3 is 2.40 bits per heavy atom. The molecule has 2 rings (SSSR count). The minimum Gasteiger partial charge on any atom is -0.491 e. The molecule has 0 aliphatic heterocycles. The second-order valence-corrected chi connectivity index (χ2v) is 4.54. The number of ether oxygens (including phenoxy) is 1. The highest BCUT2D eigenvalue weighted by Crippen LogP contribution is 2.32. The first-order valence-electron chi connectivity index (χ1n) is 5.54. The number of hydrogen-bond acceptors (Lipinski definition) is 2. The maximum absolute atomic E-state index is 9.66. The van der Waals surface area contributed by atoms with E-state index in [0.717, 1.165) is 18.6 Å². The molecule has 1 fully saturated rings. The van der Waals surface area contributed by atoms with Gasteiger partial charge in [-0.1, -0.05) is 6.07 Å². The van der Waals surface area contributed by atoms with E-state index in [1.54, 1.807) is 0 Å². The highest BCUT2D eigenvalue weighted by Gasteiger charge is 2.29. The molecule has 0 aromatic heterocycles. The largest absolute Gasteiger partial charge is 0.491 e. The summed E-state index contributed by atoms with van der Waals surface area (Å²) < 4.78 is 5.58. The van der Waals surface area contributed by atoms with E-state index in [0.29, 0.717) is 12.5 Å². The van der Waals surface area contributed by atoms with E-state index in [1.165, 1.54) is 11.1 Å². The van der Waals surface area contributed by atoms with Crippen molar-refractivity contribution in [1.29, 1.82) is 0 Å². The molecule has 82 valence electrons. The van der Waals surface area contributed by atoms with Crippen LogP contribution in [-0.4, -0.2) is 17.8 Å². The molecule has 0 spiro atoms. The quantitative estimate of drug-likeness (QED) is 0.820. The van der Waals surface area contributed by atoms with Gasteiger partial charge in [0.2, 0.25) is 0 Å². The molecule has 2 nitrogen and oxygen atoms in total. The Morgan fingerprint density at radius 2 is 1.87 bits per heavy atom. The van der Waals surface area contributed by atoms with E-state index < -0.39 is 0 Å². The second kappa shape index (κ2) is 4.23. The number of benzene rings is 1. The molecule has 1 N–H and O–H groups in total. The number of aliphatic hydroxyl groups is 1. The van der Waals surface area contributed by atoms with Crippen molar-refractivity contribution < 1.29 is 9.84 Å². The first kappa shape index (κ1) is 10.5. The molecule has 1 aromatic carbocycles. The molecule has 0 saturated heterocycles. The Balaban J connectivity index is 1.91. The van der Waals surface area contributed by atoms with Gasteiger partial charge in [0.05, 0.1) is 6.10 Å². The molecule has 0 heterocycles. The molecule has 0 bridgehead atoms. The number of aryl methyl sites for hydroxylation is 2. The van der Waals surface area contributed by atoms with Crippen molar-refractivity contribution in [3.05, 3.63) is 29.3 Å². The predicted molar refractivity (Wildman–Crippen MR) is 60.1 cm³/mol. The monoisotopic (exact) mass is 206 g/mol. The summed E-state index contributed by atoms with van der Waals surface area (Å²) in [5.74, 6) is 1.35. The number of hydrogen-bond donors (Lipinski definition) is 1. The Labute approximate surface area is 90.9 Å². The van der Waals surface area contributed by atoms with Gasteiger partial charge in [-0.2, -0.15) is 0 Å². The third-order valence-electron chi connectivity index (χ3n) is 2.78. The fraction of sp³-hybridized carbons (Fsp3) is 0.538. The van der Waals surface area contributed by atoms with Crippen LogP contribution < -0.4 is 4.74 Å². The van der Waals surface area contributed by atoms with Crippen LogP contribution in [0.2, 0.25) is 0 Å². The van der Waals surface area contributed by atoms with Crippen LogP contribution in [-0.2, 0) is 0 Å². The standard InChI is InChI=1S/C13H18O2/c1-9-5-10(2)7-12(6-9)15-8-13(14)11-3-4-11/h5-7,11,13-14H,3-4,8H2,1-2H3. The first-order valence-corrected chi connectivity index (χ1v) is 5.54. The molecule has 0 amide bonds. The van der Waals surface area contributed by atoms with Crippen molar-refractivity contribution in [2.24, 2.45) is 5.92 Å². The molecule has 0 radical (unpaired) electrons. The van der Waals surface area contributed by atoms with Gasteiger partial charge in [0.25, 0.3) is 0 Å². The highest BCUT2D eigenvalue weighted by molar-refractivity contribution is 5.32. The van der Waals surface area contributed by atoms with E-state index in [4.69, 9.17) is 4.74 Å². The van der Waals surface area contributed by atoms with Crippen LogP contribution in [0.1, 0.15) is 24.0 Å². The summed E-state index contributed by atoms with van der Waals surface area (Å²) in [4.78, 5) is 0. The summed E-state index contributed by atoms with van der Waals surface area (Å²) >= 11 is 0. The normalized spacial score (nSPS) is 17.5. The van der Waals surface area contributed by atoms with Gasteiger partial charge in [-0.25, -0.2) is 0 Å². The highest BCUT2D eigenvalue weighted by atomic mass is 16.5. The topological polar surface area (TPSA) is 29.5 Å². The molecule has 1 aromatic rings. The molecule has 1 saturated carbocycles. The lowest BCUT2D eigenvalue weighted by molar-refractivity contribution is 0.0894. The Morgan fingerprint density at radius 1 is 1.27 bits per heavy atom. The molecule has 2 heteroatoms. The lowest BCUT2D eigenvalue weighted by atomic mass is 10.1. The minimum atomic E-state index is -0.286. The maximum atomic E-state index is 9.66. The zero-order valence-electron chi connectivity index (χ0n) is 9.36. The summed E-state index contributed by atoms with van der Waals surface area (Å²) in [5, 5.41) is 9.66. The van der Waals surface area contributed by atoms with Crippen molar-refractivity contribution in [1.82, 2.24) is 0 Å². The third kappa shape index (κ3) is 2.96. The molecule has 1 aliphatic carbocycles. The number of aliphatic hydroxyl groups excluding tert-OH is 1. The van der Waals surface area contributed by atoms with Gasteiger partial charge in [-0.3, -0.25) is 0 Å². The molecule has 15 heavy (non-hydrogen) atoms. The van der Waals surface area contributed by atoms with E-state index in [1.807, 2.05) is 12.1 Å². The lowest BCUT2D eigenvalue weighted by Gasteiger charge is -2.12. The van der Waals surface area contributed by atoms with Gasteiger partial charge >= 0.3 is 0 Å². The van der Waals surface area contributed by atoms with E-state index >= 15 is 0 Å². The van der Waals surface area contributed by atoms with Gasteiger partial charge in [0, 0.05) is 0 Å². The summed E-state index contributed by atoms with van der Waals surface area (Å²) in [7, 11) is 0. The van der Waals surface area contributed by atoms with Gasteiger partial charge in [0.15, 0.2) is 0 Å². The van der Waals surface area contributed by atoms with Crippen molar-refractivity contribution >= 4 is 0 Å². The van der Waals surface area contributed by atoms with Gasteiger partial charge in [-0.05, 0) is 55.9 Å². The van der Waals surface area contributed by atoms with Crippen LogP contribution in [0.15, 0.2) is 18.2 Å². The van der Waals surface area contributed by atoms with Crippen molar-refractivity contribution in [2.75, 3.05) is 6.61 Å². The Hall–Kier alpha value is -1.02. The summed E-state index contributed by atoms with van der Waals surface area (Å²) in [6.07, 6.45) is 2.01. The van der Waals surface area contributed by atoms with Crippen LogP contribution in [0.4, 0.5) is 0 Å². The molecular weight excluding hydrogens is 188 g/mol. The van der Waals surface area contributed by atoms with Gasteiger partial charge in [-0.15, -0.1) is 0 Å². The SMILES string of the molecule is Cc1cc(C)cc(OCC(O)C2CC2)c1. The van der Waals surface area contributed by atoms with E-state index in [-0.39, 0.29) is 6.10 Å². The summed E-state index contributed by atoms with van der Waals surface area (Å²) in [6.45, 7) is 4.53. The van der Waals surface area contributed by atoms with Crippen LogP contribution in [0.25, 0.3) is 0 Å². The number of rotatable bonds is 4. The van der Waals surface area contributed by atoms with E-state index in [2.05, 4.69) is 19.9 Å². The van der Waals surface area contributed by atoms with Crippen molar-refractivity contribution in [3.63, 3.8) is 0 Å². The fourth-order valence-electron chi connectivity index (χ4n) is 1.81. The zero-order valence-corrected chi connectivity index (χ0v) is 9.36. The predicted octanol–water partition coefficient (Wildman–Crippen LogP) is 2.45. The summed E-state index contributed by atoms with van der Waals surface area (Å²) in [5.41, 5.74) is 2.40. The lowest BCUT2D eigenvalue weighted by Crippen LogP contribution is -2.19. The second-order valence-electron chi connectivity index (χ2n) is 4.54. The molecular formula is C13H18O2. The van der Waals surface area contributed by atoms with Gasteiger partial charge < -0.3 is 9.84 Å². The Bertz CT molecular complexity index is 322. The average molecular weight is 206 g/mol. The smallest absolute Gasteiger partial charge is 0.119 e. The van der Waals surface area contributed by atoms with Crippen LogP contribution in [0.5, 0.6) is 5.75 Å². The van der Waals surface area contributed by atoms with Crippen LogP contribution in [0, 0.1) is 19.8 Å². The summed E-state index contributed by atoms with van der Waals surface area (Å²) in [6, 6.07) is 6.13. The first-order chi connectivity index (χ1) is 7.15. The minimum absolute atomic E-state index is 0.286. The van der Waals surface area contributed by atoms with Crippen LogP contribution in [0.3, 0.4) is 0 Å². The van der Waals surface area contributed by atoms with Crippen LogP contribution >= 0.6 is 0 Å². The molecule has 1 unspecified atom stereocenters. The average Bonchev–Trinajstić information content (AvgIpc) is 2.95. The van der Waals surface area contributed by atoms with Gasteiger partial charge in [0.1, 0.15) is 12.4 Å². The Kier molecular flexibility index (Phi) is 2.96. The third-order valence-corrected chi connectivity index (χ3v) is 2.78. The molecule has 1 atom stereocenters. The van der Waals surface area contributed by atoms with Crippen molar-refractivity contribution in [3.8, 4) is 5.75 Å². The zero-order chi connectivity index (χ0) is 10.8. The molecule has 1 aliphatic rings. The van der Waals surface area contributed by atoms with E-state index in [9.17, 15) is 5.11 Å². The maximum Gasteiger partial charge on any atom is 0.119 e. The van der Waals surface area contributed by atoms with Crippen molar-refractivity contribution in [2.45, 2.75) is 32.8 Å².